The maximum absolute atomic E-state index is 5.98. The molecule has 0 aliphatic heterocycles. The maximum atomic E-state index is 5.98. The van der Waals surface area contributed by atoms with Crippen LogP contribution in [0.2, 0.25) is 0 Å². The molecule has 0 saturated heterocycles. The Labute approximate surface area is 94.3 Å². The number of nitrogens with two attached hydrogens (primary N) is 1. The summed E-state index contributed by atoms with van der Waals surface area (Å²) in [7, 11) is 0. The van der Waals surface area contributed by atoms with Gasteiger partial charge >= 0.3 is 0 Å². The fraction of sp³-hybridized carbons (Fsp3) is 0.364. The lowest BCUT2D eigenvalue weighted by molar-refractivity contribution is 0.819. The lowest BCUT2D eigenvalue weighted by Gasteiger charge is -2.05. The van der Waals surface area contributed by atoms with E-state index >= 15 is 0 Å². The van der Waals surface area contributed by atoms with E-state index in [4.69, 9.17) is 5.73 Å². The van der Waals surface area contributed by atoms with Crippen LogP contribution in [0.5, 0.6) is 0 Å². The van der Waals surface area contributed by atoms with Gasteiger partial charge in [-0.3, -0.25) is 0 Å². The first-order valence-electron chi connectivity index (χ1n) is 5.13. The fourth-order valence-corrected chi connectivity index (χ4v) is 1.60. The molecule has 5 heteroatoms. The van der Waals surface area contributed by atoms with Crippen LogP contribution in [0.1, 0.15) is 22.8 Å². The first-order chi connectivity index (χ1) is 7.49. The van der Waals surface area contributed by atoms with Crippen LogP contribution < -0.4 is 5.73 Å². The minimum absolute atomic E-state index is 0.634. The third-order valence-corrected chi connectivity index (χ3v) is 2.57. The SMILES string of the molecule is Cc1cc(-n2nc(C)c(C)c2N)nc(C)n1. The molecule has 2 rings (SSSR count). The van der Waals surface area contributed by atoms with Gasteiger partial charge in [0.25, 0.3) is 0 Å². The van der Waals surface area contributed by atoms with E-state index in [0.717, 1.165) is 28.6 Å². The lowest BCUT2D eigenvalue weighted by atomic mass is 10.3. The van der Waals surface area contributed by atoms with E-state index in [0.29, 0.717) is 5.82 Å². The Kier molecular flexibility index (Phi) is 2.38. The van der Waals surface area contributed by atoms with Crippen LogP contribution in [0.15, 0.2) is 6.07 Å². The number of anilines is 1. The van der Waals surface area contributed by atoms with Crippen molar-refractivity contribution in [1.29, 1.82) is 0 Å². The van der Waals surface area contributed by atoms with Gasteiger partial charge in [0.05, 0.1) is 5.69 Å². The summed E-state index contributed by atoms with van der Waals surface area (Å²) in [6.45, 7) is 7.67. The van der Waals surface area contributed by atoms with Gasteiger partial charge in [-0.25, -0.2) is 9.97 Å². The largest absolute Gasteiger partial charge is 0.383 e. The molecule has 0 fully saturated rings. The molecule has 0 unspecified atom stereocenters. The second-order valence-electron chi connectivity index (χ2n) is 3.92. The minimum atomic E-state index is 0.634. The molecule has 0 radical (unpaired) electrons. The number of hydrogen-bond donors (Lipinski definition) is 1. The van der Waals surface area contributed by atoms with Gasteiger partial charge in [-0.1, -0.05) is 0 Å². The van der Waals surface area contributed by atoms with Crippen molar-refractivity contribution in [2.24, 2.45) is 0 Å². The molecule has 2 aromatic rings. The average molecular weight is 217 g/mol. The van der Waals surface area contributed by atoms with Gasteiger partial charge in [0.15, 0.2) is 5.82 Å². The Hall–Kier alpha value is -1.91. The monoisotopic (exact) mass is 217 g/mol. The number of aromatic nitrogens is 4. The van der Waals surface area contributed by atoms with Crippen LogP contribution in [0, 0.1) is 27.7 Å². The van der Waals surface area contributed by atoms with Crippen LogP contribution in [0.4, 0.5) is 5.82 Å². The van der Waals surface area contributed by atoms with Crippen LogP contribution in [-0.4, -0.2) is 19.7 Å². The van der Waals surface area contributed by atoms with Gasteiger partial charge in [-0.2, -0.15) is 9.78 Å². The number of nitrogens with zero attached hydrogens (tertiary/aromatic N) is 4. The van der Waals surface area contributed by atoms with Crippen LogP contribution in [-0.2, 0) is 0 Å². The van der Waals surface area contributed by atoms with E-state index in [1.807, 2.05) is 33.8 Å². The molecule has 16 heavy (non-hydrogen) atoms. The highest BCUT2D eigenvalue weighted by atomic mass is 15.3. The first kappa shape index (κ1) is 10.6. The summed E-state index contributed by atoms with van der Waals surface area (Å²) in [6, 6.07) is 1.87. The Morgan fingerprint density at radius 2 is 1.81 bits per heavy atom. The van der Waals surface area contributed by atoms with Crippen LogP contribution in [0.3, 0.4) is 0 Å². The molecule has 0 saturated carbocycles. The van der Waals surface area contributed by atoms with E-state index in [9.17, 15) is 0 Å². The van der Waals surface area contributed by atoms with Crippen molar-refractivity contribution in [1.82, 2.24) is 19.7 Å². The minimum Gasteiger partial charge on any atom is -0.383 e. The quantitative estimate of drug-likeness (QED) is 0.785. The summed E-state index contributed by atoms with van der Waals surface area (Å²) < 4.78 is 1.66. The van der Waals surface area contributed by atoms with Crippen molar-refractivity contribution in [3.05, 3.63) is 28.8 Å². The lowest BCUT2D eigenvalue weighted by Crippen LogP contribution is -2.07. The van der Waals surface area contributed by atoms with E-state index in [1.54, 1.807) is 4.68 Å². The normalized spacial score (nSPS) is 10.8. The highest BCUT2D eigenvalue weighted by Gasteiger charge is 2.11. The molecule has 5 nitrogen and oxygen atoms in total. The topological polar surface area (TPSA) is 69.6 Å². The van der Waals surface area contributed by atoms with E-state index in [1.165, 1.54) is 0 Å². The third kappa shape index (κ3) is 1.64. The molecule has 0 spiro atoms. The second-order valence-corrected chi connectivity index (χ2v) is 3.92. The number of nitrogen functional groups attached to an aromatic ring is 1. The fourth-order valence-electron chi connectivity index (χ4n) is 1.60. The molecule has 2 N–H and O–H groups in total. The van der Waals surface area contributed by atoms with Crippen molar-refractivity contribution in [2.45, 2.75) is 27.7 Å². The summed E-state index contributed by atoms with van der Waals surface area (Å²) >= 11 is 0. The van der Waals surface area contributed by atoms with Gasteiger partial charge in [-0.05, 0) is 27.7 Å². The molecule has 84 valence electrons. The van der Waals surface area contributed by atoms with Crippen molar-refractivity contribution in [2.75, 3.05) is 5.73 Å². The zero-order valence-electron chi connectivity index (χ0n) is 9.94. The Balaban J connectivity index is 2.62. The summed E-state index contributed by atoms with van der Waals surface area (Å²) in [6.07, 6.45) is 0. The number of aryl methyl sites for hydroxylation is 3. The summed E-state index contributed by atoms with van der Waals surface area (Å²) in [4.78, 5) is 8.55. The smallest absolute Gasteiger partial charge is 0.159 e. The zero-order valence-corrected chi connectivity index (χ0v) is 9.94. The van der Waals surface area contributed by atoms with E-state index < -0.39 is 0 Å². The Bertz CT molecular complexity index is 521. The van der Waals surface area contributed by atoms with Crippen molar-refractivity contribution >= 4 is 5.82 Å². The van der Waals surface area contributed by atoms with Crippen molar-refractivity contribution < 1.29 is 0 Å². The predicted molar refractivity (Wildman–Crippen MR) is 62.5 cm³/mol. The molecular weight excluding hydrogens is 202 g/mol. The molecule has 2 aromatic heterocycles. The molecule has 0 atom stereocenters. The van der Waals surface area contributed by atoms with Crippen molar-refractivity contribution in [3.8, 4) is 5.82 Å². The van der Waals surface area contributed by atoms with E-state index in [2.05, 4.69) is 15.1 Å². The third-order valence-electron chi connectivity index (χ3n) is 2.57. The summed E-state index contributed by atoms with van der Waals surface area (Å²) in [5.74, 6) is 2.08. The summed E-state index contributed by atoms with van der Waals surface area (Å²) in [5.41, 5.74) is 8.80. The van der Waals surface area contributed by atoms with Gasteiger partial charge in [0, 0.05) is 17.3 Å². The van der Waals surface area contributed by atoms with Crippen molar-refractivity contribution in [3.63, 3.8) is 0 Å². The van der Waals surface area contributed by atoms with Crippen LogP contribution >= 0.6 is 0 Å². The number of hydrogen-bond acceptors (Lipinski definition) is 4. The number of rotatable bonds is 1. The summed E-state index contributed by atoms with van der Waals surface area (Å²) in [5, 5.41) is 4.36. The van der Waals surface area contributed by atoms with Gasteiger partial charge in [0.1, 0.15) is 11.6 Å². The molecule has 0 bridgehead atoms. The standard InChI is InChI=1S/C11H15N5/c1-6-5-10(14-9(4)13-6)16-11(12)7(2)8(3)15-16/h5H,12H2,1-4H3. The van der Waals surface area contributed by atoms with Gasteiger partial charge in [0.2, 0.25) is 0 Å². The highest BCUT2D eigenvalue weighted by molar-refractivity contribution is 5.47. The molecule has 0 aromatic carbocycles. The zero-order chi connectivity index (χ0) is 11.9. The molecular formula is C11H15N5. The molecule has 0 aliphatic rings. The molecule has 0 amide bonds. The Morgan fingerprint density at radius 1 is 1.12 bits per heavy atom. The highest BCUT2D eigenvalue weighted by Crippen LogP contribution is 2.18. The van der Waals surface area contributed by atoms with E-state index in [-0.39, 0.29) is 0 Å². The average Bonchev–Trinajstić information content (AvgIpc) is 2.44. The molecule has 0 aliphatic carbocycles. The Morgan fingerprint density at radius 3 is 2.31 bits per heavy atom. The van der Waals surface area contributed by atoms with Gasteiger partial charge < -0.3 is 5.73 Å². The maximum Gasteiger partial charge on any atom is 0.159 e. The first-order valence-corrected chi connectivity index (χ1v) is 5.13. The predicted octanol–water partition coefficient (Wildman–Crippen LogP) is 1.48. The second kappa shape index (κ2) is 3.59. The van der Waals surface area contributed by atoms with Gasteiger partial charge in [-0.15, -0.1) is 0 Å². The van der Waals surface area contributed by atoms with Crippen LogP contribution in [0.25, 0.3) is 5.82 Å². The molecule has 2 heterocycles.